The van der Waals surface area contributed by atoms with E-state index in [1.54, 1.807) is 16.2 Å². The van der Waals surface area contributed by atoms with Crippen LogP contribution in [0.1, 0.15) is 33.9 Å². The maximum Gasteiger partial charge on any atom is 0.306 e. The standard InChI is InChI=1S/C23H26N4O3S/c1-14-19(15(2)26(4)25-14)6-8-23(29)30-12-22(28)27-10-9-18-11-17(5-7-21(18)27)20-13-31-16(3)24-20/h5,7,11,13H,6,8-10,12H2,1-4H3. The molecular weight excluding hydrogens is 412 g/mol. The lowest BCUT2D eigenvalue weighted by Gasteiger charge is -2.17. The fourth-order valence-electron chi connectivity index (χ4n) is 4.01. The van der Waals surface area contributed by atoms with Gasteiger partial charge in [0.2, 0.25) is 0 Å². The Kier molecular flexibility index (Phi) is 5.91. The van der Waals surface area contributed by atoms with Crippen molar-refractivity contribution < 1.29 is 14.3 Å². The van der Waals surface area contributed by atoms with Crippen LogP contribution in [0.25, 0.3) is 11.3 Å². The van der Waals surface area contributed by atoms with Crippen molar-refractivity contribution in [3.63, 3.8) is 0 Å². The van der Waals surface area contributed by atoms with Crippen LogP contribution in [-0.4, -0.2) is 39.8 Å². The summed E-state index contributed by atoms with van der Waals surface area (Å²) in [6, 6.07) is 6.05. The molecule has 1 aliphatic heterocycles. The first-order valence-corrected chi connectivity index (χ1v) is 11.2. The molecule has 0 radical (unpaired) electrons. The number of aryl methyl sites for hydroxylation is 3. The van der Waals surface area contributed by atoms with Crippen molar-refractivity contribution in [1.29, 1.82) is 0 Å². The first-order chi connectivity index (χ1) is 14.8. The quantitative estimate of drug-likeness (QED) is 0.550. The molecule has 3 heterocycles. The van der Waals surface area contributed by atoms with Crippen LogP contribution in [0.5, 0.6) is 0 Å². The van der Waals surface area contributed by atoms with Crippen LogP contribution in [0, 0.1) is 20.8 Å². The summed E-state index contributed by atoms with van der Waals surface area (Å²) in [7, 11) is 1.89. The van der Waals surface area contributed by atoms with E-state index in [0.717, 1.165) is 50.9 Å². The Balaban J connectivity index is 1.33. The summed E-state index contributed by atoms with van der Waals surface area (Å²) in [5.74, 6) is -0.567. The van der Waals surface area contributed by atoms with Crippen LogP contribution >= 0.6 is 11.3 Å². The van der Waals surface area contributed by atoms with Crippen molar-refractivity contribution in [3.8, 4) is 11.3 Å². The molecule has 1 aliphatic rings. The summed E-state index contributed by atoms with van der Waals surface area (Å²) in [4.78, 5) is 31.1. The van der Waals surface area contributed by atoms with Gasteiger partial charge in [-0.15, -0.1) is 11.3 Å². The average Bonchev–Trinajstić information content (AvgIpc) is 3.42. The van der Waals surface area contributed by atoms with Gasteiger partial charge in [-0.05, 0) is 56.9 Å². The number of fused-ring (bicyclic) bond motifs is 1. The lowest BCUT2D eigenvalue weighted by Crippen LogP contribution is -2.33. The molecular formula is C23H26N4O3S. The number of ether oxygens (including phenoxy) is 1. The molecule has 0 bridgehead atoms. The van der Waals surface area contributed by atoms with Gasteiger partial charge in [-0.3, -0.25) is 14.3 Å². The predicted molar refractivity (Wildman–Crippen MR) is 120 cm³/mol. The molecule has 3 aromatic rings. The second-order valence-electron chi connectivity index (χ2n) is 7.82. The van der Waals surface area contributed by atoms with Gasteiger partial charge < -0.3 is 9.64 Å². The lowest BCUT2D eigenvalue weighted by atomic mass is 10.1. The van der Waals surface area contributed by atoms with Gasteiger partial charge in [0.05, 0.1) is 16.4 Å². The Hall–Kier alpha value is -3.00. The summed E-state index contributed by atoms with van der Waals surface area (Å²) in [6.07, 6.45) is 1.57. The minimum Gasteiger partial charge on any atom is -0.456 e. The fraction of sp³-hybridized carbons (Fsp3) is 0.391. The normalized spacial score (nSPS) is 12.8. The Bertz CT molecular complexity index is 1150. The first-order valence-electron chi connectivity index (χ1n) is 10.3. The van der Waals surface area contributed by atoms with Crippen molar-refractivity contribution in [1.82, 2.24) is 14.8 Å². The third kappa shape index (κ3) is 4.39. The van der Waals surface area contributed by atoms with Crippen molar-refractivity contribution >= 4 is 28.9 Å². The molecule has 0 saturated heterocycles. The monoisotopic (exact) mass is 438 g/mol. The number of aromatic nitrogens is 3. The Morgan fingerprint density at radius 3 is 2.71 bits per heavy atom. The first kappa shape index (κ1) is 21.2. The van der Waals surface area contributed by atoms with E-state index >= 15 is 0 Å². The van der Waals surface area contributed by atoms with Crippen molar-refractivity contribution in [2.24, 2.45) is 7.05 Å². The molecule has 1 aromatic carbocycles. The molecule has 4 rings (SSSR count). The molecule has 0 N–H and O–H groups in total. The smallest absolute Gasteiger partial charge is 0.306 e. The van der Waals surface area contributed by atoms with Crippen LogP contribution in [0.15, 0.2) is 23.6 Å². The van der Waals surface area contributed by atoms with Gasteiger partial charge in [-0.2, -0.15) is 5.10 Å². The van der Waals surface area contributed by atoms with Crippen LogP contribution in [0.2, 0.25) is 0 Å². The maximum atomic E-state index is 12.7. The molecule has 31 heavy (non-hydrogen) atoms. The minimum atomic E-state index is -0.371. The van der Waals surface area contributed by atoms with Crippen LogP contribution in [0.3, 0.4) is 0 Å². The van der Waals surface area contributed by atoms with Crippen LogP contribution in [0.4, 0.5) is 5.69 Å². The van der Waals surface area contributed by atoms with E-state index in [1.165, 1.54) is 0 Å². The van der Waals surface area contributed by atoms with E-state index in [1.807, 2.05) is 50.0 Å². The number of thiazole rings is 1. The molecule has 8 heteroatoms. The summed E-state index contributed by atoms with van der Waals surface area (Å²) < 4.78 is 7.08. The number of hydrogen-bond acceptors (Lipinski definition) is 6. The lowest BCUT2D eigenvalue weighted by molar-refractivity contribution is -0.147. The van der Waals surface area contributed by atoms with Crippen molar-refractivity contribution in [3.05, 3.63) is 51.1 Å². The van der Waals surface area contributed by atoms with E-state index < -0.39 is 0 Å². The summed E-state index contributed by atoms with van der Waals surface area (Å²) in [6.45, 7) is 6.26. The molecule has 0 aliphatic carbocycles. The number of esters is 1. The molecule has 0 unspecified atom stereocenters. The number of rotatable bonds is 6. The van der Waals surface area contributed by atoms with Gasteiger partial charge in [-0.25, -0.2) is 4.98 Å². The van der Waals surface area contributed by atoms with Crippen molar-refractivity contribution in [2.75, 3.05) is 18.1 Å². The highest BCUT2D eigenvalue weighted by atomic mass is 32.1. The molecule has 2 aromatic heterocycles. The second kappa shape index (κ2) is 8.63. The maximum absolute atomic E-state index is 12.7. The number of nitrogens with zero attached hydrogens (tertiary/aromatic N) is 4. The largest absolute Gasteiger partial charge is 0.456 e. The van der Waals surface area contributed by atoms with Gasteiger partial charge in [0.25, 0.3) is 5.91 Å². The number of hydrogen-bond donors (Lipinski definition) is 0. The second-order valence-corrected chi connectivity index (χ2v) is 8.89. The van der Waals surface area contributed by atoms with Gasteiger partial charge in [0.1, 0.15) is 0 Å². The van der Waals surface area contributed by atoms with Gasteiger partial charge >= 0.3 is 5.97 Å². The third-order valence-electron chi connectivity index (χ3n) is 5.79. The zero-order valence-corrected chi connectivity index (χ0v) is 19.1. The van der Waals surface area contributed by atoms with Gasteiger partial charge in [0.15, 0.2) is 6.61 Å². The fourth-order valence-corrected chi connectivity index (χ4v) is 4.64. The molecule has 162 valence electrons. The highest BCUT2D eigenvalue weighted by Gasteiger charge is 2.26. The Morgan fingerprint density at radius 2 is 2.03 bits per heavy atom. The van der Waals surface area contributed by atoms with E-state index in [4.69, 9.17) is 4.74 Å². The number of benzene rings is 1. The number of carbonyl (C=O) groups excluding carboxylic acids is 2. The molecule has 0 atom stereocenters. The topological polar surface area (TPSA) is 77.3 Å². The highest BCUT2D eigenvalue weighted by molar-refractivity contribution is 7.09. The summed E-state index contributed by atoms with van der Waals surface area (Å²) >= 11 is 1.62. The number of anilines is 1. The highest BCUT2D eigenvalue weighted by Crippen LogP contribution is 2.32. The Labute approximate surface area is 185 Å². The summed E-state index contributed by atoms with van der Waals surface area (Å²) in [5, 5.41) is 7.44. The average molecular weight is 439 g/mol. The number of carbonyl (C=O) groups is 2. The zero-order chi connectivity index (χ0) is 22.1. The molecule has 0 spiro atoms. The molecule has 0 fully saturated rings. The SMILES string of the molecule is Cc1nc(-c2ccc3c(c2)CCN3C(=O)COC(=O)CCc2c(C)nn(C)c2C)cs1. The minimum absolute atomic E-state index is 0.196. The predicted octanol–water partition coefficient (Wildman–Crippen LogP) is 3.53. The summed E-state index contributed by atoms with van der Waals surface area (Å²) in [5.41, 5.74) is 7.05. The van der Waals surface area contributed by atoms with Gasteiger partial charge in [0, 0.05) is 42.3 Å². The van der Waals surface area contributed by atoms with E-state index in [2.05, 4.69) is 16.1 Å². The van der Waals surface area contributed by atoms with Crippen molar-refractivity contribution in [2.45, 2.75) is 40.0 Å². The van der Waals surface area contributed by atoms with E-state index in [0.29, 0.717) is 13.0 Å². The van der Waals surface area contributed by atoms with Crippen LogP contribution < -0.4 is 4.90 Å². The zero-order valence-electron chi connectivity index (χ0n) is 18.3. The number of amides is 1. The molecule has 0 saturated carbocycles. The van der Waals surface area contributed by atoms with E-state index in [9.17, 15) is 9.59 Å². The van der Waals surface area contributed by atoms with Crippen LogP contribution in [-0.2, 0) is 34.2 Å². The third-order valence-corrected chi connectivity index (χ3v) is 6.56. The Morgan fingerprint density at radius 1 is 1.23 bits per heavy atom. The van der Waals surface area contributed by atoms with E-state index in [-0.39, 0.29) is 24.9 Å². The molecule has 7 nitrogen and oxygen atoms in total. The molecule has 1 amide bonds. The van der Waals surface area contributed by atoms with Gasteiger partial charge in [-0.1, -0.05) is 6.07 Å².